The minimum Gasteiger partial charge on any atom is -0.350 e. The average Bonchev–Trinajstić information content (AvgIpc) is 2.66. The summed E-state index contributed by atoms with van der Waals surface area (Å²) in [4.78, 5) is 18.5. The van der Waals surface area contributed by atoms with E-state index < -0.39 is 10.0 Å². The van der Waals surface area contributed by atoms with Crippen LogP contribution in [0.4, 0.5) is 11.5 Å². The SMILES string of the molecule is CCN(CC(=O)NC(C)(C)C)c1ccc(S(=O)(=O)N(CC)c2ccccc2)cn1. The topological polar surface area (TPSA) is 82.6 Å². The number of para-hydroxylation sites is 1. The predicted molar refractivity (Wildman–Crippen MR) is 117 cm³/mol. The van der Waals surface area contributed by atoms with Gasteiger partial charge >= 0.3 is 0 Å². The van der Waals surface area contributed by atoms with E-state index in [2.05, 4.69) is 10.3 Å². The van der Waals surface area contributed by atoms with Gasteiger partial charge in [0.2, 0.25) is 5.91 Å². The number of sulfonamides is 1. The molecular formula is C21H30N4O3S. The molecule has 0 aliphatic rings. The molecule has 0 saturated heterocycles. The van der Waals surface area contributed by atoms with Crippen LogP contribution in [0.1, 0.15) is 34.6 Å². The summed E-state index contributed by atoms with van der Waals surface area (Å²) < 4.78 is 27.5. The highest BCUT2D eigenvalue weighted by Crippen LogP contribution is 2.24. The predicted octanol–water partition coefficient (Wildman–Crippen LogP) is 3.04. The Morgan fingerprint density at radius 1 is 1.03 bits per heavy atom. The van der Waals surface area contributed by atoms with E-state index in [4.69, 9.17) is 0 Å². The van der Waals surface area contributed by atoms with Crippen LogP contribution in [0.25, 0.3) is 0 Å². The molecule has 0 fully saturated rings. The Kier molecular flexibility index (Phi) is 7.24. The number of nitrogens with zero attached hydrogens (tertiary/aromatic N) is 3. The number of carbonyl (C=O) groups excluding carboxylic acids is 1. The van der Waals surface area contributed by atoms with Crippen molar-refractivity contribution in [1.29, 1.82) is 0 Å². The van der Waals surface area contributed by atoms with Crippen LogP contribution in [0.5, 0.6) is 0 Å². The van der Waals surface area contributed by atoms with E-state index in [0.717, 1.165) is 0 Å². The van der Waals surface area contributed by atoms with Crippen molar-refractivity contribution in [2.24, 2.45) is 0 Å². The number of pyridine rings is 1. The Hall–Kier alpha value is -2.61. The number of carbonyl (C=O) groups is 1. The molecule has 7 nitrogen and oxygen atoms in total. The molecule has 8 heteroatoms. The first-order valence-electron chi connectivity index (χ1n) is 9.68. The van der Waals surface area contributed by atoms with Gasteiger partial charge in [0.05, 0.1) is 12.2 Å². The fraction of sp³-hybridized carbons (Fsp3) is 0.429. The lowest BCUT2D eigenvalue weighted by molar-refractivity contribution is -0.121. The summed E-state index contributed by atoms with van der Waals surface area (Å²) in [5.41, 5.74) is 0.288. The van der Waals surface area contributed by atoms with E-state index in [-0.39, 0.29) is 22.9 Å². The van der Waals surface area contributed by atoms with Crippen LogP contribution in [0, 0.1) is 0 Å². The Morgan fingerprint density at radius 2 is 1.69 bits per heavy atom. The molecule has 2 rings (SSSR count). The zero-order valence-electron chi connectivity index (χ0n) is 17.7. The molecule has 0 saturated carbocycles. The van der Waals surface area contributed by atoms with Gasteiger partial charge in [-0.25, -0.2) is 13.4 Å². The van der Waals surface area contributed by atoms with Gasteiger partial charge in [-0.1, -0.05) is 18.2 Å². The zero-order valence-corrected chi connectivity index (χ0v) is 18.5. The number of aromatic nitrogens is 1. The van der Waals surface area contributed by atoms with E-state index in [1.807, 2.05) is 33.8 Å². The van der Waals surface area contributed by atoms with E-state index in [9.17, 15) is 13.2 Å². The van der Waals surface area contributed by atoms with E-state index >= 15 is 0 Å². The summed E-state index contributed by atoms with van der Waals surface area (Å²) in [6.45, 7) is 10.5. The second-order valence-corrected chi connectivity index (χ2v) is 9.53. The summed E-state index contributed by atoms with van der Waals surface area (Å²) >= 11 is 0. The van der Waals surface area contributed by atoms with Gasteiger partial charge < -0.3 is 10.2 Å². The first kappa shape index (κ1) is 22.7. The average molecular weight is 419 g/mol. The van der Waals surface area contributed by atoms with Crippen LogP contribution in [-0.4, -0.2) is 44.5 Å². The highest BCUT2D eigenvalue weighted by atomic mass is 32.2. The number of hydrogen-bond donors (Lipinski definition) is 1. The maximum atomic E-state index is 13.1. The third-order valence-corrected chi connectivity index (χ3v) is 6.08. The second-order valence-electron chi connectivity index (χ2n) is 7.67. The molecule has 29 heavy (non-hydrogen) atoms. The molecule has 2 aromatic rings. The standard InChI is InChI=1S/C21H30N4O3S/c1-6-24(16-20(26)23-21(3,4)5)19-14-13-18(15-22-19)29(27,28)25(7-2)17-11-9-8-10-12-17/h8-15H,6-7,16H2,1-5H3,(H,23,26). The lowest BCUT2D eigenvalue weighted by atomic mass is 10.1. The van der Waals surface area contributed by atoms with Crippen molar-refractivity contribution in [2.75, 3.05) is 28.8 Å². The molecule has 1 amide bonds. The van der Waals surface area contributed by atoms with Crippen LogP contribution < -0.4 is 14.5 Å². The maximum absolute atomic E-state index is 13.1. The first-order valence-corrected chi connectivity index (χ1v) is 11.1. The largest absolute Gasteiger partial charge is 0.350 e. The van der Waals surface area contributed by atoms with Gasteiger partial charge in [-0.05, 0) is 58.9 Å². The third kappa shape index (κ3) is 5.93. The normalized spacial score (nSPS) is 11.8. The first-order chi connectivity index (χ1) is 13.6. The van der Waals surface area contributed by atoms with Gasteiger partial charge in [-0.2, -0.15) is 0 Å². The van der Waals surface area contributed by atoms with Crippen molar-refractivity contribution in [3.8, 4) is 0 Å². The Labute approximate surface area is 173 Å². The summed E-state index contributed by atoms with van der Waals surface area (Å²) in [5.74, 6) is 0.442. The summed E-state index contributed by atoms with van der Waals surface area (Å²) in [6, 6.07) is 12.1. The fourth-order valence-electron chi connectivity index (χ4n) is 2.91. The van der Waals surface area contributed by atoms with E-state index in [0.29, 0.717) is 24.6 Å². The molecule has 0 unspecified atom stereocenters. The lowest BCUT2D eigenvalue weighted by Gasteiger charge is -2.26. The summed E-state index contributed by atoms with van der Waals surface area (Å²) in [6.07, 6.45) is 1.35. The Bertz CT molecular complexity index is 907. The third-order valence-electron chi connectivity index (χ3n) is 4.19. The van der Waals surface area contributed by atoms with Gasteiger partial charge in [-0.3, -0.25) is 9.10 Å². The van der Waals surface area contributed by atoms with Crippen LogP contribution in [0.3, 0.4) is 0 Å². The highest BCUT2D eigenvalue weighted by Gasteiger charge is 2.24. The number of hydrogen-bond acceptors (Lipinski definition) is 5. The number of likely N-dealkylation sites (N-methyl/N-ethyl adjacent to an activating group) is 1. The second kappa shape index (κ2) is 9.26. The van der Waals surface area contributed by atoms with Crippen molar-refractivity contribution in [1.82, 2.24) is 10.3 Å². The van der Waals surface area contributed by atoms with Crippen LogP contribution in [0.15, 0.2) is 53.6 Å². The van der Waals surface area contributed by atoms with E-state index in [1.54, 1.807) is 42.2 Å². The molecule has 158 valence electrons. The number of nitrogens with one attached hydrogen (secondary N) is 1. The molecule has 0 atom stereocenters. The Balaban J connectivity index is 2.22. The number of rotatable bonds is 8. The van der Waals surface area contributed by atoms with Crippen molar-refractivity contribution < 1.29 is 13.2 Å². The molecule has 0 aliphatic heterocycles. The van der Waals surface area contributed by atoms with Gasteiger partial charge in [-0.15, -0.1) is 0 Å². The maximum Gasteiger partial charge on any atom is 0.265 e. The Morgan fingerprint density at radius 3 is 2.17 bits per heavy atom. The van der Waals surface area contributed by atoms with Crippen molar-refractivity contribution in [3.63, 3.8) is 0 Å². The van der Waals surface area contributed by atoms with Crippen molar-refractivity contribution >= 4 is 27.4 Å². The molecular weight excluding hydrogens is 388 g/mol. The quantitative estimate of drug-likeness (QED) is 0.712. The van der Waals surface area contributed by atoms with Gasteiger partial charge in [0, 0.05) is 24.8 Å². The number of anilines is 2. The van der Waals surface area contributed by atoms with Crippen LogP contribution >= 0.6 is 0 Å². The van der Waals surface area contributed by atoms with Crippen molar-refractivity contribution in [3.05, 3.63) is 48.7 Å². The molecule has 1 aromatic heterocycles. The highest BCUT2D eigenvalue weighted by molar-refractivity contribution is 7.92. The minimum absolute atomic E-state index is 0.112. The fourth-order valence-corrected chi connectivity index (χ4v) is 4.33. The summed E-state index contributed by atoms with van der Waals surface area (Å²) in [7, 11) is -3.73. The number of benzene rings is 1. The zero-order chi connectivity index (χ0) is 21.7. The molecule has 1 aromatic carbocycles. The molecule has 0 bridgehead atoms. The molecule has 1 heterocycles. The van der Waals surface area contributed by atoms with Gasteiger partial charge in [0.1, 0.15) is 10.7 Å². The lowest BCUT2D eigenvalue weighted by Crippen LogP contribution is -2.46. The number of amides is 1. The van der Waals surface area contributed by atoms with E-state index in [1.165, 1.54) is 16.6 Å². The van der Waals surface area contributed by atoms with Crippen LogP contribution in [-0.2, 0) is 14.8 Å². The summed E-state index contributed by atoms with van der Waals surface area (Å²) in [5, 5.41) is 2.92. The minimum atomic E-state index is -3.73. The molecule has 0 radical (unpaired) electrons. The molecule has 1 N–H and O–H groups in total. The van der Waals surface area contributed by atoms with Crippen molar-refractivity contribution in [2.45, 2.75) is 45.1 Å². The van der Waals surface area contributed by atoms with Crippen LogP contribution in [0.2, 0.25) is 0 Å². The van der Waals surface area contributed by atoms with Gasteiger partial charge in [0.15, 0.2) is 0 Å². The monoisotopic (exact) mass is 418 g/mol. The molecule has 0 aliphatic carbocycles. The smallest absolute Gasteiger partial charge is 0.265 e. The van der Waals surface area contributed by atoms with Gasteiger partial charge in [0.25, 0.3) is 10.0 Å². The molecule has 0 spiro atoms.